The minimum absolute atomic E-state index is 0.373. The Morgan fingerprint density at radius 2 is 1.72 bits per heavy atom. The van der Waals surface area contributed by atoms with Gasteiger partial charge in [-0.15, -0.1) is 0 Å². The van der Waals surface area contributed by atoms with E-state index in [-0.39, 0.29) is 0 Å². The van der Waals surface area contributed by atoms with Gasteiger partial charge >= 0.3 is 5.97 Å². The van der Waals surface area contributed by atoms with Gasteiger partial charge in [0, 0.05) is 42.1 Å². The summed E-state index contributed by atoms with van der Waals surface area (Å²) in [6.07, 6.45) is 0. The molecule has 1 aromatic heterocycles. The molecule has 3 rings (SSSR count). The zero-order valence-electron chi connectivity index (χ0n) is 19.7. The first-order valence-electron chi connectivity index (χ1n) is 10.7. The first-order chi connectivity index (χ1) is 15.3. The maximum Gasteiger partial charge on any atom is 0.337 e. The van der Waals surface area contributed by atoms with Crippen molar-refractivity contribution in [3.63, 3.8) is 0 Å². The summed E-state index contributed by atoms with van der Waals surface area (Å²) >= 11 is 0. The second-order valence-corrected chi connectivity index (χ2v) is 8.10. The van der Waals surface area contributed by atoms with Crippen LogP contribution < -0.4 is 14.8 Å². The zero-order valence-corrected chi connectivity index (χ0v) is 19.7. The molecule has 0 radical (unpaired) electrons. The quantitative estimate of drug-likeness (QED) is 0.505. The van der Waals surface area contributed by atoms with Gasteiger partial charge in [-0.1, -0.05) is 35.9 Å². The summed E-state index contributed by atoms with van der Waals surface area (Å²) in [6.45, 7) is 9.65. The van der Waals surface area contributed by atoms with Crippen LogP contribution >= 0.6 is 0 Å². The van der Waals surface area contributed by atoms with Crippen LogP contribution in [0.25, 0.3) is 0 Å². The fraction of sp³-hybridized carbons (Fsp3) is 0.346. The van der Waals surface area contributed by atoms with Crippen molar-refractivity contribution in [2.75, 3.05) is 14.2 Å². The lowest BCUT2D eigenvalue weighted by Gasteiger charge is -2.14. The third-order valence-corrected chi connectivity index (χ3v) is 6.06. The first-order valence-corrected chi connectivity index (χ1v) is 10.7. The van der Waals surface area contributed by atoms with E-state index in [9.17, 15) is 9.90 Å². The van der Waals surface area contributed by atoms with Crippen molar-refractivity contribution in [3.8, 4) is 11.5 Å². The molecule has 6 heteroatoms. The number of aryl methyl sites for hydroxylation is 2. The van der Waals surface area contributed by atoms with Crippen molar-refractivity contribution in [2.45, 2.75) is 47.3 Å². The smallest absolute Gasteiger partial charge is 0.337 e. The molecule has 0 bridgehead atoms. The normalized spacial score (nSPS) is 10.9. The topological polar surface area (TPSA) is 72.7 Å². The summed E-state index contributed by atoms with van der Waals surface area (Å²) in [5.41, 5.74) is 7.46. The highest BCUT2D eigenvalue weighted by molar-refractivity contribution is 5.91. The Kier molecular flexibility index (Phi) is 7.26. The molecule has 0 unspecified atom stereocenters. The highest BCUT2D eigenvalue weighted by Crippen LogP contribution is 2.31. The summed E-state index contributed by atoms with van der Waals surface area (Å²) < 4.78 is 13.0. The predicted molar refractivity (Wildman–Crippen MR) is 126 cm³/mol. The molecule has 0 saturated carbocycles. The number of hydrogen-bond donors (Lipinski definition) is 2. The van der Waals surface area contributed by atoms with Gasteiger partial charge < -0.3 is 24.5 Å². The Bertz CT molecular complexity index is 1130. The molecular weight excluding hydrogens is 404 g/mol. The third kappa shape index (κ3) is 4.65. The van der Waals surface area contributed by atoms with E-state index in [0.29, 0.717) is 36.7 Å². The summed E-state index contributed by atoms with van der Waals surface area (Å²) in [5, 5.41) is 13.3. The van der Waals surface area contributed by atoms with E-state index in [1.165, 1.54) is 16.7 Å². The Balaban J connectivity index is 1.88. The summed E-state index contributed by atoms with van der Waals surface area (Å²) in [5.74, 6) is 0.451. The maximum absolute atomic E-state index is 12.1. The average Bonchev–Trinajstić information content (AvgIpc) is 3.00. The molecule has 170 valence electrons. The molecule has 0 spiro atoms. The largest absolute Gasteiger partial charge is 0.493 e. The van der Waals surface area contributed by atoms with E-state index >= 15 is 0 Å². The van der Waals surface area contributed by atoms with Crippen molar-refractivity contribution >= 4 is 5.97 Å². The Hall–Kier alpha value is -3.25. The molecule has 2 aromatic carbocycles. The maximum atomic E-state index is 12.1. The van der Waals surface area contributed by atoms with Gasteiger partial charge in [0.15, 0.2) is 11.5 Å². The average molecular weight is 437 g/mol. The second kappa shape index (κ2) is 9.92. The lowest BCUT2D eigenvalue weighted by atomic mass is 10.1. The Morgan fingerprint density at radius 1 is 0.969 bits per heavy atom. The SMILES string of the molecule is COc1cccc(CNCc2c(C(=O)O)c(C)n(Cc3cc(C)ccc3C)c2C)c1OC. The van der Waals surface area contributed by atoms with Gasteiger partial charge in [-0.2, -0.15) is 0 Å². The van der Waals surface area contributed by atoms with Crippen LogP contribution in [-0.4, -0.2) is 29.9 Å². The van der Waals surface area contributed by atoms with Crippen LogP contribution in [0.5, 0.6) is 11.5 Å². The van der Waals surface area contributed by atoms with Crippen molar-refractivity contribution in [2.24, 2.45) is 0 Å². The fourth-order valence-corrected chi connectivity index (χ4v) is 4.24. The van der Waals surface area contributed by atoms with Crippen LogP contribution in [0.3, 0.4) is 0 Å². The number of nitrogens with zero attached hydrogens (tertiary/aromatic N) is 1. The van der Waals surface area contributed by atoms with Crippen LogP contribution in [0.15, 0.2) is 36.4 Å². The van der Waals surface area contributed by atoms with Gasteiger partial charge in [0.2, 0.25) is 0 Å². The first kappa shape index (κ1) is 23.4. The van der Waals surface area contributed by atoms with Gasteiger partial charge in [0.05, 0.1) is 19.8 Å². The van der Waals surface area contributed by atoms with Gasteiger partial charge in [-0.3, -0.25) is 0 Å². The minimum Gasteiger partial charge on any atom is -0.493 e. The summed E-state index contributed by atoms with van der Waals surface area (Å²) in [7, 11) is 3.23. The van der Waals surface area contributed by atoms with E-state index in [4.69, 9.17) is 9.47 Å². The zero-order chi connectivity index (χ0) is 23.4. The number of hydrogen-bond acceptors (Lipinski definition) is 4. The summed E-state index contributed by atoms with van der Waals surface area (Å²) in [6, 6.07) is 12.1. The number of ether oxygens (including phenoxy) is 2. The van der Waals surface area contributed by atoms with E-state index in [1.54, 1.807) is 14.2 Å². The number of nitrogens with one attached hydrogen (secondary N) is 1. The van der Waals surface area contributed by atoms with Crippen molar-refractivity contribution < 1.29 is 19.4 Å². The lowest BCUT2D eigenvalue weighted by molar-refractivity contribution is 0.0694. The molecule has 0 aliphatic rings. The van der Waals surface area contributed by atoms with Crippen molar-refractivity contribution in [1.82, 2.24) is 9.88 Å². The van der Waals surface area contributed by atoms with E-state index in [1.807, 2.05) is 32.0 Å². The number of rotatable bonds is 9. The number of carboxylic acids is 1. The molecule has 32 heavy (non-hydrogen) atoms. The van der Waals surface area contributed by atoms with Crippen LogP contribution in [0.1, 0.15) is 49.6 Å². The molecule has 0 saturated heterocycles. The monoisotopic (exact) mass is 436 g/mol. The molecule has 2 N–H and O–H groups in total. The highest BCUT2D eigenvalue weighted by Gasteiger charge is 2.23. The molecule has 0 aliphatic carbocycles. The molecule has 0 amide bonds. The number of carbonyl (C=O) groups is 1. The number of para-hydroxylation sites is 1. The summed E-state index contributed by atoms with van der Waals surface area (Å²) in [4.78, 5) is 12.1. The number of aromatic nitrogens is 1. The Labute approximate surface area is 189 Å². The molecule has 0 atom stereocenters. The molecule has 1 heterocycles. The molecule has 3 aromatic rings. The standard InChI is InChI=1S/C26H32N2O4/c1-16-10-11-17(2)21(12-16)15-28-18(3)22(24(19(28)4)26(29)30)14-27-13-20-8-7-9-23(31-5)25(20)32-6/h7-12,27H,13-15H2,1-6H3,(H,29,30). The van der Waals surface area contributed by atoms with Gasteiger partial charge in [0.25, 0.3) is 0 Å². The molecule has 6 nitrogen and oxygen atoms in total. The number of methoxy groups -OCH3 is 2. The van der Waals surface area contributed by atoms with Crippen molar-refractivity contribution in [3.05, 3.63) is 81.2 Å². The second-order valence-electron chi connectivity index (χ2n) is 8.10. The highest BCUT2D eigenvalue weighted by atomic mass is 16.5. The van der Waals surface area contributed by atoms with Crippen molar-refractivity contribution in [1.29, 1.82) is 0 Å². The predicted octanol–water partition coefficient (Wildman–Crippen LogP) is 4.78. The molecular formula is C26H32N2O4. The number of benzene rings is 2. The minimum atomic E-state index is -0.902. The van der Waals surface area contributed by atoms with Crippen LogP contribution in [0.2, 0.25) is 0 Å². The van der Waals surface area contributed by atoms with Gasteiger partial charge in [-0.25, -0.2) is 4.79 Å². The van der Waals surface area contributed by atoms with Crippen LogP contribution in [0.4, 0.5) is 0 Å². The molecule has 0 aliphatic heterocycles. The van der Waals surface area contributed by atoms with E-state index < -0.39 is 5.97 Å². The number of carboxylic acid groups (broad SMARTS) is 1. The van der Waals surface area contributed by atoms with E-state index in [2.05, 4.69) is 41.9 Å². The third-order valence-electron chi connectivity index (χ3n) is 6.06. The van der Waals surface area contributed by atoms with E-state index in [0.717, 1.165) is 22.5 Å². The Morgan fingerprint density at radius 3 is 2.38 bits per heavy atom. The van der Waals surface area contributed by atoms with Gasteiger partial charge in [-0.05, 0) is 44.9 Å². The lowest BCUT2D eigenvalue weighted by Crippen LogP contribution is -2.16. The fourth-order valence-electron chi connectivity index (χ4n) is 4.24. The molecule has 0 fully saturated rings. The van der Waals surface area contributed by atoms with Crippen LogP contribution in [-0.2, 0) is 19.6 Å². The van der Waals surface area contributed by atoms with Gasteiger partial charge in [0.1, 0.15) is 0 Å². The number of aromatic carboxylic acids is 1. The van der Waals surface area contributed by atoms with Crippen LogP contribution in [0, 0.1) is 27.7 Å².